The van der Waals surface area contributed by atoms with Gasteiger partial charge in [-0.25, -0.2) is 4.98 Å². The number of rotatable bonds is 7. The van der Waals surface area contributed by atoms with Crippen molar-refractivity contribution in [1.82, 2.24) is 19.4 Å². The van der Waals surface area contributed by atoms with Crippen molar-refractivity contribution in [2.45, 2.75) is 57.1 Å². The molecule has 2 saturated heterocycles. The number of likely N-dealkylation sites (tertiary alicyclic amines) is 1. The van der Waals surface area contributed by atoms with Crippen molar-refractivity contribution in [1.29, 1.82) is 0 Å². The van der Waals surface area contributed by atoms with Gasteiger partial charge in [0.25, 0.3) is 0 Å². The molecule has 208 valence electrons. The molecule has 4 aromatic rings. The molecule has 2 fully saturated rings. The standard InChI is InChI=1S/C31H33ClN4O4/c32-22-5-7-26(33-15-22)29-19-39-28-3-1-2-24(31(28)40-29)21-8-11-35(12-9-21)17-30-34-25-6-4-20(18-37)14-27(25)36(30)16-23-10-13-38-23/h1-7,14-15,21,23,29,37H,8-13,16-19H2/t23-,29+/m0/s1. The first kappa shape index (κ1) is 25.8. The van der Waals surface area contributed by atoms with Gasteiger partial charge in [-0.05, 0) is 74.2 Å². The Morgan fingerprint density at radius 3 is 2.67 bits per heavy atom. The minimum Gasteiger partial charge on any atom is -0.485 e. The summed E-state index contributed by atoms with van der Waals surface area (Å²) in [5.74, 6) is 3.10. The molecule has 9 heteroatoms. The number of aromatic nitrogens is 3. The van der Waals surface area contributed by atoms with Crippen LogP contribution in [0.2, 0.25) is 5.02 Å². The highest BCUT2D eigenvalue weighted by molar-refractivity contribution is 6.30. The van der Waals surface area contributed by atoms with Gasteiger partial charge in [-0.15, -0.1) is 0 Å². The second-order valence-corrected chi connectivity index (χ2v) is 11.4. The van der Waals surface area contributed by atoms with Crippen molar-refractivity contribution in [3.05, 3.63) is 82.4 Å². The lowest BCUT2D eigenvalue weighted by Crippen LogP contribution is -2.35. The molecule has 2 aromatic carbocycles. The molecule has 0 saturated carbocycles. The molecule has 7 rings (SSSR count). The highest BCUT2D eigenvalue weighted by Crippen LogP contribution is 2.44. The van der Waals surface area contributed by atoms with Gasteiger partial charge in [0.1, 0.15) is 12.4 Å². The first-order valence-electron chi connectivity index (χ1n) is 14.1. The molecule has 2 aromatic heterocycles. The van der Waals surface area contributed by atoms with Gasteiger partial charge in [0.05, 0.1) is 47.6 Å². The van der Waals surface area contributed by atoms with Crippen LogP contribution in [0.3, 0.4) is 0 Å². The Labute approximate surface area is 238 Å². The minimum absolute atomic E-state index is 0.0266. The number of aliphatic hydroxyl groups is 1. The van der Waals surface area contributed by atoms with E-state index in [2.05, 4.69) is 32.7 Å². The zero-order valence-corrected chi connectivity index (χ0v) is 23.1. The smallest absolute Gasteiger partial charge is 0.174 e. The molecule has 0 radical (unpaired) electrons. The van der Waals surface area contributed by atoms with Gasteiger partial charge in [0.2, 0.25) is 0 Å². The number of pyridine rings is 1. The number of hydrogen-bond donors (Lipinski definition) is 1. The second-order valence-electron chi connectivity index (χ2n) is 10.9. The number of imidazole rings is 1. The number of para-hydroxylation sites is 1. The maximum Gasteiger partial charge on any atom is 0.174 e. The van der Waals surface area contributed by atoms with Gasteiger partial charge in [-0.2, -0.15) is 0 Å². The Bertz CT molecular complexity index is 1500. The van der Waals surface area contributed by atoms with E-state index in [4.69, 9.17) is 30.8 Å². The van der Waals surface area contributed by atoms with E-state index in [1.54, 1.807) is 6.20 Å². The summed E-state index contributed by atoms with van der Waals surface area (Å²) in [7, 11) is 0. The number of nitrogens with zero attached hydrogens (tertiary/aromatic N) is 4. The summed E-state index contributed by atoms with van der Waals surface area (Å²) in [6.07, 6.45) is 4.76. The van der Waals surface area contributed by atoms with E-state index in [0.717, 1.165) is 91.7 Å². The number of aliphatic hydroxyl groups excluding tert-OH is 1. The molecule has 0 aliphatic carbocycles. The maximum atomic E-state index is 9.68. The van der Waals surface area contributed by atoms with Gasteiger partial charge in [0, 0.05) is 18.4 Å². The SMILES string of the molecule is OCc1ccc2nc(CN3CCC(c4cccc5c4O[C@@H](c4ccc(Cl)cn4)CO5)CC3)n(C[C@@H]3CCO3)c2c1. The molecule has 8 nitrogen and oxygen atoms in total. The first-order chi connectivity index (χ1) is 19.6. The fourth-order valence-electron chi connectivity index (χ4n) is 6.03. The number of fused-ring (bicyclic) bond motifs is 2. The van der Waals surface area contributed by atoms with Crippen molar-refractivity contribution < 1.29 is 19.3 Å². The Kier molecular flexibility index (Phi) is 7.10. The Hall–Kier alpha value is -3.17. The Morgan fingerprint density at radius 1 is 1.05 bits per heavy atom. The Morgan fingerprint density at radius 2 is 1.93 bits per heavy atom. The molecule has 0 amide bonds. The molecule has 1 N–H and O–H groups in total. The number of hydrogen-bond acceptors (Lipinski definition) is 7. The van der Waals surface area contributed by atoms with Crippen LogP contribution in [0.15, 0.2) is 54.7 Å². The van der Waals surface area contributed by atoms with Crippen LogP contribution in [0.4, 0.5) is 0 Å². The van der Waals surface area contributed by atoms with Crippen molar-refractivity contribution in [2.24, 2.45) is 0 Å². The highest BCUT2D eigenvalue weighted by Gasteiger charge is 2.31. The van der Waals surface area contributed by atoms with E-state index in [1.807, 2.05) is 30.3 Å². The van der Waals surface area contributed by atoms with Crippen LogP contribution < -0.4 is 9.47 Å². The maximum absolute atomic E-state index is 9.68. The summed E-state index contributed by atoms with van der Waals surface area (Å²) in [6.45, 7) is 4.82. The summed E-state index contributed by atoms with van der Waals surface area (Å²) in [5.41, 5.74) is 4.98. The first-order valence-corrected chi connectivity index (χ1v) is 14.5. The molecule has 2 atom stereocenters. The van der Waals surface area contributed by atoms with E-state index < -0.39 is 0 Å². The quantitative estimate of drug-likeness (QED) is 0.330. The lowest BCUT2D eigenvalue weighted by atomic mass is 9.88. The van der Waals surface area contributed by atoms with Crippen LogP contribution in [0.1, 0.15) is 53.9 Å². The molecular formula is C31H33ClN4O4. The van der Waals surface area contributed by atoms with Gasteiger partial charge < -0.3 is 23.9 Å². The predicted octanol–water partition coefficient (Wildman–Crippen LogP) is 5.26. The van der Waals surface area contributed by atoms with Gasteiger partial charge in [-0.3, -0.25) is 9.88 Å². The predicted molar refractivity (Wildman–Crippen MR) is 152 cm³/mol. The number of piperidine rings is 1. The third-order valence-electron chi connectivity index (χ3n) is 8.39. The molecule has 0 bridgehead atoms. The van der Waals surface area contributed by atoms with E-state index >= 15 is 0 Å². The van der Waals surface area contributed by atoms with Crippen LogP contribution in [0.25, 0.3) is 11.0 Å². The van der Waals surface area contributed by atoms with Crippen LogP contribution in [-0.2, 0) is 24.4 Å². The minimum atomic E-state index is -0.259. The summed E-state index contributed by atoms with van der Waals surface area (Å²) < 4.78 is 20.7. The van der Waals surface area contributed by atoms with Gasteiger partial charge in [-0.1, -0.05) is 29.8 Å². The molecule has 0 unspecified atom stereocenters. The third kappa shape index (κ3) is 5.05. The van der Waals surface area contributed by atoms with Crippen molar-refractivity contribution >= 4 is 22.6 Å². The zero-order chi connectivity index (χ0) is 27.1. The van der Waals surface area contributed by atoms with Crippen molar-refractivity contribution in [3.8, 4) is 11.5 Å². The van der Waals surface area contributed by atoms with Crippen molar-refractivity contribution in [2.75, 3.05) is 26.3 Å². The fraction of sp³-hybridized carbons (Fsp3) is 0.419. The average molecular weight is 561 g/mol. The average Bonchev–Trinajstić information content (AvgIpc) is 3.30. The van der Waals surface area contributed by atoms with E-state index in [0.29, 0.717) is 17.5 Å². The fourth-order valence-corrected chi connectivity index (χ4v) is 6.15. The van der Waals surface area contributed by atoms with Gasteiger partial charge >= 0.3 is 0 Å². The summed E-state index contributed by atoms with van der Waals surface area (Å²) in [4.78, 5) is 12.0. The van der Waals surface area contributed by atoms with E-state index in [-0.39, 0.29) is 18.8 Å². The van der Waals surface area contributed by atoms with Crippen LogP contribution in [-0.4, -0.2) is 56.9 Å². The number of benzene rings is 2. The van der Waals surface area contributed by atoms with E-state index in [9.17, 15) is 5.11 Å². The van der Waals surface area contributed by atoms with Crippen LogP contribution in [0.5, 0.6) is 11.5 Å². The second kappa shape index (κ2) is 11.0. The van der Waals surface area contributed by atoms with Crippen LogP contribution >= 0.6 is 11.6 Å². The lowest BCUT2D eigenvalue weighted by molar-refractivity contribution is -0.0592. The summed E-state index contributed by atoms with van der Waals surface area (Å²) in [6, 6.07) is 16.0. The third-order valence-corrected chi connectivity index (χ3v) is 8.61. The Balaban J connectivity index is 1.06. The summed E-state index contributed by atoms with van der Waals surface area (Å²) in [5, 5.41) is 10.3. The monoisotopic (exact) mass is 560 g/mol. The number of halogens is 1. The molecule has 0 spiro atoms. The largest absolute Gasteiger partial charge is 0.485 e. The van der Waals surface area contributed by atoms with Crippen LogP contribution in [0, 0.1) is 0 Å². The summed E-state index contributed by atoms with van der Waals surface area (Å²) >= 11 is 6.04. The topological polar surface area (TPSA) is 81.9 Å². The zero-order valence-electron chi connectivity index (χ0n) is 22.3. The molecule has 3 aliphatic heterocycles. The van der Waals surface area contributed by atoms with Gasteiger partial charge in [0.15, 0.2) is 17.6 Å². The molecule has 40 heavy (non-hydrogen) atoms. The van der Waals surface area contributed by atoms with E-state index in [1.165, 1.54) is 5.56 Å². The highest BCUT2D eigenvalue weighted by atomic mass is 35.5. The normalized spacial score (nSPS) is 21.4. The lowest BCUT2D eigenvalue weighted by Gasteiger charge is -2.35. The van der Waals surface area contributed by atoms with Crippen molar-refractivity contribution in [3.63, 3.8) is 0 Å². The number of ether oxygens (including phenoxy) is 3. The molecule has 3 aliphatic rings. The molecular weight excluding hydrogens is 528 g/mol. The molecule has 5 heterocycles.